The Morgan fingerprint density at radius 3 is 2.66 bits per heavy atom. The number of carbonyl (C=O) groups excluding carboxylic acids is 1. The third-order valence-electron chi connectivity index (χ3n) is 5.46. The molecule has 29 heavy (non-hydrogen) atoms. The summed E-state index contributed by atoms with van der Waals surface area (Å²) in [6.07, 6.45) is -0.985. The van der Waals surface area contributed by atoms with E-state index in [4.69, 9.17) is 4.84 Å². The Bertz CT molecular complexity index is 908. The normalized spacial score (nSPS) is 20.7. The van der Waals surface area contributed by atoms with E-state index >= 15 is 0 Å². The van der Waals surface area contributed by atoms with Crippen LogP contribution in [-0.2, 0) is 11.4 Å². The van der Waals surface area contributed by atoms with E-state index in [-0.39, 0.29) is 24.7 Å². The zero-order chi connectivity index (χ0) is 20.8. The largest absolute Gasteiger partial charge is 0.465 e. The van der Waals surface area contributed by atoms with Crippen LogP contribution >= 0.6 is 11.3 Å². The molecule has 0 spiro atoms. The van der Waals surface area contributed by atoms with Crippen molar-refractivity contribution in [2.45, 2.75) is 45.0 Å². The van der Waals surface area contributed by atoms with Crippen molar-refractivity contribution in [1.82, 2.24) is 14.9 Å². The topological polar surface area (TPSA) is 73.3 Å². The van der Waals surface area contributed by atoms with Gasteiger partial charge in [0.2, 0.25) is 0 Å². The molecule has 2 atom stereocenters. The van der Waals surface area contributed by atoms with Crippen molar-refractivity contribution in [3.8, 4) is 0 Å². The lowest BCUT2D eigenvalue weighted by atomic mass is 9.97. The predicted molar refractivity (Wildman–Crippen MR) is 109 cm³/mol. The van der Waals surface area contributed by atoms with Crippen molar-refractivity contribution in [2.75, 3.05) is 13.1 Å². The highest BCUT2D eigenvalue weighted by Crippen LogP contribution is 2.47. The van der Waals surface area contributed by atoms with Gasteiger partial charge in [0.25, 0.3) is 0 Å². The average Bonchev–Trinajstić information content (AvgIpc) is 3.25. The van der Waals surface area contributed by atoms with Gasteiger partial charge in [-0.25, -0.2) is 9.59 Å². The number of carboxylic acid groups (broad SMARTS) is 1. The monoisotopic (exact) mass is 415 g/mol. The predicted octanol–water partition coefficient (Wildman–Crippen LogP) is 4.49. The highest BCUT2D eigenvalue weighted by molar-refractivity contribution is 7.10. The van der Waals surface area contributed by atoms with Crippen LogP contribution in [0.2, 0.25) is 0 Å². The van der Waals surface area contributed by atoms with E-state index in [1.165, 1.54) is 9.96 Å². The SMILES string of the molecule is CC(C)(C)N(CC1c2sccc2C2CN1C(=O)N2OCc1ccccc1)C(=O)O. The van der Waals surface area contributed by atoms with Crippen LogP contribution in [0.25, 0.3) is 0 Å². The first-order valence-electron chi connectivity index (χ1n) is 9.62. The molecule has 1 aromatic heterocycles. The smallest absolute Gasteiger partial charge is 0.407 e. The number of rotatable bonds is 5. The highest BCUT2D eigenvalue weighted by Gasteiger charge is 2.50. The number of carbonyl (C=O) groups is 2. The van der Waals surface area contributed by atoms with E-state index in [0.29, 0.717) is 13.2 Å². The number of amides is 3. The van der Waals surface area contributed by atoms with Gasteiger partial charge in [-0.3, -0.25) is 4.84 Å². The molecule has 3 amide bonds. The van der Waals surface area contributed by atoms with Gasteiger partial charge in [0.05, 0.1) is 19.1 Å². The van der Waals surface area contributed by atoms with Gasteiger partial charge in [-0.1, -0.05) is 30.3 Å². The minimum absolute atomic E-state index is 0.170. The van der Waals surface area contributed by atoms with Crippen molar-refractivity contribution in [3.63, 3.8) is 0 Å². The highest BCUT2D eigenvalue weighted by atomic mass is 32.1. The first-order valence-corrected chi connectivity index (χ1v) is 10.5. The fraction of sp³-hybridized carbons (Fsp3) is 0.429. The first-order chi connectivity index (χ1) is 13.8. The minimum Gasteiger partial charge on any atom is -0.465 e. The third-order valence-corrected chi connectivity index (χ3v) is 6.50. The lowest BCUT2D eigenvalue weighted by molar-refractivity contribution is -0.141. The summed E-state index contributed by atoms with van der Waals surface area (Å²) in [5.41, 5.74) is 1.48. The zero-order valence-corrected chi connectivity index (χ0v) is 17.6. The summed E-state index contributed by atoms with van der Waals surface area (Å²) in [6, 6.07) is 11.1. The fourth-order valence-electron chi connectivity index (χ4n) is 3.96. The molecule has 0 radical (unpaired) electrons. The number of nitrogens with zero attached hydrogens (tertiary/aromatic N) is 3. The van der Waals surface area contributed by atoms with E-state index in [9.17, 15) is 14.7 Å². The van der Waals surface area contributed by atoms with Crippen LogP contribution in [0, 0.1) is 0 Å². The van der Waals surface area contributed by atoms with Crippen LogP contribution < -0.4 is 0 Å². The van der Waals surface area contributed by atoms with Crippen molar-refractivity contribution >= 4 is 23.5 Å². The standard InChI is InChI=1S/C21H25N3O4S/c1-21(2,3)23(20(26)27)12-17-18-15(9-10-29-18)16-11-22(17)19(25)24(16)28-13-14-7-5-4-6-8-14/h4-10,16-17H,11-13H2,1-3H3,(H,26,27). The van der Waals surface area contributed by atoms with E-state index in [1.54, 1.807) is 16.2 Å². The summed E-state index contributed by atoms with van der Waals surface area (Å²) in [5, 5.41) is 13.2. The number of fused-ring (bicyclic) bond motifs is 4. The van der Waals surface area contributed by atoms with Crippen LogP contribution in [0.5, 0.6) is 0 Å². The van der Waals surface area contributed by atoms with Crippen LogP contribution in [0.1, 0.15) is 48.9 Å². The molecule has 8 heteroatoms. The van der Waals surface area contributed by atoms with Crippen LogP contribution in [-0.4, -0.2) is 50.7 Å². The molecular formula is C21H25N3O4S. The molecule has 2 unspecified atom stereocenters. The Kier molecular flexibility index (Phi) is 5.00. The Balaban J connectivity index is 1.59. The van der Waals surface area contributed by atoms with Crippen molar-refractivity contribution in [3.05, 3.63) is 57.8 Å². The summed E-state index contributed by atoms with van der Waals surface area (Å²) >= 11 is 1.57. The van der Waals surface area contributed by atoms with Gasteiger partial charge in [0, 0.05) is 10.4 Å². The Morgan fingerprint density at radius 2 is 2.00 bits per heavy atom. The molecule has 1 N–H and O–H groups in total. The van der Waals surface area contributed by atoms with Gasteiger partial charge >= 0.3 is 12.1 Å². The second kappa shape index (κ2) is 7.35. The molecule has 154 valence electrons. The molecule has 7 nitrogen and oxygen atoms in total. The molecular weight excluding hydrogens is 390 g/mol. The zero-order valence-electron chi connectivity index (χ0n) is 16.7. The Labute approximate surface area is 174 Å². The molecule has 2 aliphatic rings. The number of hydrogen-bond donors (Lipinski definition) is 1. The maximum Gasteiger partial charge on any atom is 0.407 e. The number of hydrogen-bond acceptors (Lipinski definition) is 4. The van der Waals surface area contributed by atoms with Crippen LogP contribution in [0.3, 0.4) is 0 Å². The molecule has 4 rings (SSSR count). The summed E-state index contributed by atoms with van der Waals surface area (Å²) < 4.78 is 0. The second-order valence-electron chi connectivity index (χ2n) is 8.36. The number of thiophene rings is 1. The first kappa shape index (κ1) is 19.7. The minimum atomic E-state index is -0.985. The van der Waals surface area contributed by atoms with Gasteiger partial charge < -0.3 is 14.9 Å². The maximum atomic E-state index is 13.2. The quantitative estimate of drug-likeness (QED) is 0.781. The number of hydroxylamine groups is 2. The van der Waals surface area contributed by atoms with E-state index < -0.39 is 11.6 Å². The Morgan fingerprint density at radius 1 is 1.28 bits per heavy atom. The van der Waals surface area contributed by atoms with E-state index in [1.807, 2.05) is 62.5 Å². The van der Waals surface area contributed by atoms with Gasteiger partial charge in [0.15, 0.2) is 0 Å². The van der Waals surface area contributed by atoms with Crippen LogP contribution in [0.4, 0.5) is 9.59 Å². The molecule has 0 aliphatic carbocycles. The van der Waals surface area contributed by atoms with Gasteiger partial charge in [0.1, 0.15) is 12.6 Å². The van der Waals surface area contributed by atoms with Gasteiger partial charge in [-0.15, -0.1) is 11.3 Å². The average molecular weight is 416 g/mol. The maximum absolute atomic E-state index is 13.2. The lowest BCUT2D eigenvalue weighted by Crippen LogP contribution is -2.50. The summed E-state index contributed by atoms with van der Waals surface area (Å²) in [6.45, 7) is 6.64. The third kappa shape index (κ3) is 3.58. The number of urea groups is 1. The lowest BCUT2D eigenvalue weighted by Gasteiger charge is -2.39. The second-order valence-corrected chi connectivity index (χ2v) is 9.30. The molecule has 2 aliphatic heterocycles. The van der Waals surface area contributed by atoms with Crippen molar-refractivity contribution in [2.24, 2.45) is 0 Å². The Hall–Kier alpha value is -2.58. The molecule has 3 heterocycles. The molecule has 2 bridgehead atoms. The van der Waals surface area contributed by atoms with E-state index in [2.05, 4.69) is 0 Å². The summed E-state index contributed by atoms with van der Waals surface area (Å²) in [4.78, 5) is 35.1. The molecule has 1 fully saturated rings. The summed E-state index contributed by atoms with van der Waals surface area (Å²) in [5.74, 6) is 0. The van der Waals surface area contributed by atoms with Gasteiger partial charge in [-0.2, -0.15) is 5.06 Å². The van der Waals surface area contributed by atoms with Crippen molar-refractivity contribution < 1.29 is 19.5 Å². The van der Waals surface area contributed by atoms with Crippen molar-refractivity contribution in [1.29, 1.82) is 0 Å². The molecule has 1 aromatic carbocycles. The van der Waals surface area contributed by atoms with E-state index in [0.717, 1.165) is 16.0 Å². The van der Waals surface area contributed by atoms with Crippen LogP contribution in [0.15, 0.2) is 41.8 Å². The molecule has 1 saturated heterocycles. The van der Waals surface area contributed by atoms with Gasteiger partial charge in [-0.05, 0) is 43.3 Å². The number of benzene rings is 1. The summed E-state index contributed by atoms with van der Waals surface area (Å²) in [7, 11) is 0. The fourth-order valence-corrected chi connectivity index (χ4v) is 5.02. The molecule has 2 aromatic rings. The molecule has 0 saturated carbocycles.